The second-order valence-electron chi connectivity index (χ2n) is 6.85. The van der Waals surface area contributed by atoms with Gasteiger partial charge in [-0.25, -0.2) is 0 Å². The third-order valence-electron chi connectivity index (χ3n) is 4.31. The Morgan fingerprint density at radius 3 is 1.61 bits per heavy atom. The van der Waals surface area contributed by atoms with Gasteiger partial charge >= 0.3 is 0 Å². The average molecular weight is 311 g/mol. The predicted octanol–water partition coefficient (Wildman–Crippen LogP) is 4.34. The molecule has 2 atom stereocenters. The molecule has 124 valence electrons. The van der Waals surface area contributed by atoms with Crippen molar-refractivity contribution in [2.75, 3.05) is 6.54 Å². The van der Waals surface area contributed by atoms with Crippen molar-refractivity contribution < 1.29 is 5.11 Å². The number of benzene rings is 2. The number of hydrogen-bond acceptors (Lipinski definition) is 2. The van der Waals surface area contributed by atoms with Crippen molar-refractivity contribution in [1.82, 2.24) is 4.90 Å². The van der Waals surface area contributed by atoms with E-state index in [0.717, 1.165) is 19.6 Å². The summed E-state index contributed by atoms with van der Waals surface area (Å²) in [6.45, 7) is 9.02. The number of nitrogens with zero attached hydrogens (tertiary/aromatic N) is 1. The van der Waals surface area contributed by atoms with Crippen LogP contribution in [-0.4, -0.2) is 22.7 Å². The van der Waals surface area contributed by atoms with Crippen LogP contribution >= 0.6 is 0 Å². The molecular formula is C21H29NO. The number of hydrogen-bond donors (Lipinski definition) is 1. The molecule has 2 aromatic carbocycles. The molecule has 0 saturated carbocycles. The minimum absolute atomic E-state index is 0.252. The van der Waals surface area contributed by atoms with Crippen molar-refractivity contribution in [3.63, 3.8) is 0 Å². The zero-order valence-electron chi connectivity index (χ0n) is 14.5. The first-order chi connectivity index (χ1) is 11.1. The van der Waals surface area contributed by atoms with Gasteiger partial charge in [0.1, 0.15) is 0 Å². The lowest BCUT2D eigenvalue weighted by Crippen LogP contribution is -2.35. The topological polar surface area (TPSA) is 23.5 Å². The van der Waals surface area contributed by atoms with Gasteiger partial charge in [0.05, 0.1) is 6.10 Å². The van der Waals surface area contributed by atoms with E-state index < -0.39 is 0 Å². The Kier molecular flexibility index (Phi) is 6.82. The highest BCUT2D eigenvalue weighted by Crippen LogP contribution is 2.17. The largest absolute Gasteiger partial charge is 0.393 e. The van der Waals surface area contributed by atoms with Crippen molar-refractivity contribution in [2.45, 2.75) is 40.0 Å². The molecule has 23 heavy (non-hydrogen) atoms. The molecule has 2 aromatic rings. The summed E-state index contributed by atoms with van der Waals surface area (Å²) in [4.78, 5) is 2.43. The van der Waals surface area contributed by atoms with Gasteiger partial charge in [0.15, 0.2) is 0 Å². The van der Waals surface area contributed by atoms with Crippen LogP contribution in [0.3, 0.4) is 0 Å². The summed E-state index contributed by atoms with van der Waals surface area (Å²) in [7, 11) is 0. The summed E-state index contributed by atoms with van der Waals surface area (Å²) >= 11 is 0. The second-order valence-corrected chi connectivity index (χ2v) is 6.85. The Labute approximate surface area is 140 Å². The summed E-state index contributed by atoms with van der Waals surface area (Å²) in [6, 6.07) is 21.1. The third kappa shape index (κ3) is 5.81. The van der Waals surface area contributed by atoms with Gasteiger partial charge < -0.3 is 5.11 Å². The molecule has 0 fully saturated rings. The van der Waals surface area contributed by atoms with Gasteiger partial charge in [0, 0.05) is 19.6 Å². The molecule has 0 saturated heterocycles. The van der Waals surface area contributed by atoms with E-state index in [-0.39, 0.29) is 12.0 Å². The van der Waals surface area contributed by atoms with Gasteiger partial charge in [0.2, 0.25) is 0 Å². The Morgan fingerprint density at radius 2 is 1.22 bits per heavy atom. The molecule has 0 bridgehead atoms. The Hall–Kier alpha value is -1.64. The number of aliphatic hydroxyl groups is 1. The molecule has 2 nitrogen and oxygen atoms in total. The molecule has 2 rings (SSSR count). The minimum atomic E-state index is -0.260. The van der Waals surface area contributed by atoms with Gasteiger partial charge in [0.25, 0.3) is 0 Å². The molecular weight excluding hydrogens is 282 g/mol. The minimum Gasteiger partial charge on any atom is -0.393 e. The third-order valence-corrected chi connectivity index (χ3v) is 4.31. The van der Waals surface area contributed by atoms with Crippen LogP contribution in [0.4, 0.5) is 0 Å². The van der Waals surface area contributed by atoms with Crippen molar-refractivity contribution >= 4 is 0 Å². The van der Waals surface area contributed by atoms with Gasteiger partial charge in [-0.1, -0.05) is 81.4 Å². The molecule has 0 aliphatic rings. The molecule has 2 heteroatoms. The molecule has 0 heterocycles. The van der Waals surface area contributed by atoms with Crippen LogP contribution in [0.15, 0.2) is 60.7 Å². The van der Waals surface area contributed by atoms with E-state index in [1.807, 2.05) is 0 Å². The van der Waals surface area contributed by atoms with E-state index in [4.69, 9.17) is 0 Å². The number of aliphatic hydroxyl groups excluding tert-OH is 1. The summed E-state index contributed by atoms with van der Waals surface area (Å²) < 4.78 is 0. The first kappa shape index (κ1) is 17.7. The van der Waals surface area contributed by atoms with E-state index in [1.54, 1.807) is 0 Å². The smallest absolute Gasteiger partial charge is 0.0600 e. The van der Waals surface area contributed by atoms with E-state index in [9.17, 15) is 5.11 Å². The van der Waals surface area contributed by atoms with E-state index in [1.165, 1.54) is 11.1 Å². The van der Waals surface area contributed by atoms with Crippen LogP contribution in [0.5, 0.6) is 0 Å². The fourth-order valence-electron chi connectivity index (χ4n) is 3.04. The fourth-order valence-corrected chi connectivity index (χ4v) is 3.04. The van der Waals surface area contributed by atoms with Crippen molar-refractivity contribution in [1.29, 1.82) is 0 Å². The normalized spacial score (nSPS) is 14.2. The summed E-state index contributed by atoms with van der Waals surface area (Å²) in [5, 5.41) is 10.3. The van der Waals surface area contributed by atoms with Crippen LogP contribution in [-0.2, 0) is 13.1 Å². The number of rotatable bonds is 8. The molecule has 1 unspecified atom stereocenters. The van der Waals surface area contributed by atoms with Gasteiger partial charge in [-0.15, -0.1) is 0 Å². The van der Waals surface area contributed by atoms with Crippen LogP contribution < -0.4 is 0 Å². The molecule has 0 aliphatic carbocycles. The average Bonchev–Trinajstić information content (AvgIpc) is 2.55. The molecule has 0 radical (unpaired) electrons. The Morgan fingerprint density at radius 1 is 0.783 bits per heavy atom. The van der Waals surface area contributed by atoms with Crippen molar-refractivity contribution in [3.05, 3.63) is 71.8 Å². The molecule has 0 aliphatic heterocycles. The second kappa shape index (κ2) is 8.85. The SMILES string of the molecule is CC(C)C(O)[C@H](C)CN(Cc1ccccc1)Cc1ccccc1. The van der Waals surface area contributed by atoms with Gasteiger partial charge in [-0.05, 0) is 23.0 Å². The van der Waals surface area contributed by atoms with Crippen LogP contribution in [0.25, 0.3) is 0 Å². The van der Waals surface area contributed by atoms with Gasteiger partial charge in [-0.2, -0.15) is 0 Å². The lowest BCUT2D eigenvalue weighted by Gasteiger charge is -2.30. The molecule has 0 amide bonds. The van der Waals surface area contributed by atoms with Gasteiger partial charge in [-0.3, -0.25) is 4.90 Å². The Balaban J connectivity index is 2.07. The van der Waals surface area contributed by atoms with E-state index in [0.29, 0.717) is 5.92 Å². The van der Waals surface area contributed by atoms with E-state index >= 15 is 0 Å². The van der Waals surface area contributed by atoms with E-state index in [2.05, 4.69) is 86.3 Å². The first-order valence-electron chi connectivity index (χ1n) is 8.54. The highest BCUT2D eigenvalue weighted by atomic mass is 16.3. The summed E-state index contributed by atoms with van der Waals surface area (Å²) in [5.41, 5.74) is 2.63. The predicted molar refractivity (Wildman–Crippen MR) is 97.0 cm³/mol. The first-order valence-corrected chi connectivity index (χ1v) is 8.54. The van der Waals surface area contributed by atoms with Crippen LogP contribution in [0.1, 0.15) is 31.9 Å². The molecule has 1 N–H and O–H groups in total. The maximum Gasteiger partial charge on any atom is 0.0600 e. The summed E-state index contributed by atoms with van der Waals surface area (Å²) in [6.07, 6.45) is -0.260. The highest BCUT2D eigenvalue weighted by Gasteiger charge is 2.20. The lowest BCUT2D eigenvalue weighted by atomic mass is 9.94. The fraction of sp³-hybridized carbons (Fsp3) is 0.429. The monoisotopic (exact) mass is 311 g/mol. The standard InChI is InChI=1S/C21H29NO/c1-17(2)21(23)18(3)14-22(15-19-10-6-4-7-11-19)16-20-12-8-5-9-13-20/h4-13,17-18,21,23H,14-16H2,1-3H3/t18-,21?/m1/s1. The van der Waals surface area contributed by atoms with Crippen LogP contribution in [0, 0.1) is 11.8 Å². The maximum atomic E-state index is 10.3. The quantitative estimate of drug-likeness (QED) is 0.784. The molecule has 0 spiro atoms. The lowest BCUT2D eigenvalue weighted by molar-refractivity contribution is 0.0487. The molecule has 0 aromatic heterocycles. The Bertz CT molecular complexity index is 511. The maximum absolute atomic E-state index is 10.3. The zero-order valence-corrected chi connectivity index (χ0v) is 14.5. The summed E-state index contributed by atoms with van der Waals surface area (Å²) in [5.74, 6) is 0.544. The zero-order chi connectivity index (χ0) is 16.7. The highest BCUT2D eigenvalue weighted by molar-refractivity contribution is 5.17. The van der Waals surface area contributed by atoms with Crippen LogP contribution in [0.2, 0.25) is 0 Å². The van der Waals surface area contributed by atoms with Crippen molar-refractivity contribution in [3.8, 4) is 0 Å². The van der Waals surface area contributed by atoms with Crippen molar-refractivity contribution in [2.24, 2.45) is 11.8 Å².